The van der Waals surface area contributed by atoms with Crippen molar-refractivity contribution >= 4 is 0 Å². The molecule has 0 saturated carbocycles. The molecule has 1 aliphatic carbocycles. The third kappa shape index (κ3) is 3.92. The molecule has 2 heteroatoms. The zero-order valence-electron chi connectivity index (χ0n) is 8.97. The van der Waals surface area contributed by atoms with Crippen molar-refractivity contribution in [2.24, 2.45) is 0 Å². The van der Waals surface area contributed by atoms with Gasteiger partial charge in [-0.2, -0.15) is 0 Å². The first-order chi connectivity index (χ1) is 6.14. The summed E-state index contributed by atoms with van der Waals surface area (Å²) >= 11 is 0. The summed E-state index contributed by atoms with van der Waals surface area (Å²) in [7, 11) is 1.77. The van der Waals surface area contributed by atoms with E-state index in [0.717, 1.165) is 13.0 Å². The smallest absolute Gasteiger partial charge is 0.0634 e. The van der Waals surface area contributed by atoms with Gasteiger partial charge < -0.3 is 10.1 Å². The second-order valence-electron chi connectivity index (χ2n) is 4.31. The van der Waals surface area contributed by atoms with Gasteiger partial charge in [0.1, 0.15) is 0 Å². The minimum absolute atomic E-state index is 0.0129. The number of ether oxygens (including phenoxy) is 1. The number of methoxy groups -OCH3 is 1. The van der Waals surface area contributed by atoms with Crippen LogP contribution in [-0.2, 0) is 4.74 Å². The molecule has 0 spiro atoms. The minimum atomic E-state index is 0.0129. The summed E-state index contributed by atoms with van der Waals surface area (Å²) in [6.45, 7) is 5.30. The molecule has 0 unspecified atom stereocenters. The van der Waals surface area contributed by atoms with Crippen molar-refractivity contribution in [3.63, 3.8) is 0 Å². The van der Waals surface area contributed by atoms with E-state index in [1.165, 1.54) is 12.8 Å². The molecule has 0 aliphatic heterocycles. The zero-order valence-corrected chi connectivity index (χ0v) is 8.97. The summed E-state index contributed by atoms with van der Waals surface area (Å²) in [4.78, 5) is 0. The first-order valence-corrected chi connectivity index (χ1v) is 5.07. The van der Waals surface area contributed by atoms with Crippen molar-refractivity contribution in [3.05, 3.63) is 12.2 Å². The number of hydrogen-bond acceptors (Lipinski definition) is 2. The van der Waals surface area contributed by atoms with Crippen LogP contribution in [0.15, 0.2) is 12.2 Å². The molecule has 0 atom stereocenters. The fourth-order valence-corrected chi connectivity index (χ4v) is 1.46. The van der Waals surface area contributed by atoms with Crippen LogP contribution in [0.3, 0.4) is 0 Å². The summed E-state index contributed by atoms with van der Waals surface area (Å²) < 4.78 is 5.35. The molecule has 0 aromatic heterocycles. The molecular weight excluding hydrogens is 162 g/mol. The largest absolute Gasteiger partial charge is 0.379 e. The molecule has 0 heterocycles. The lowest BCUT2D eigenvalue weighted by Crippen LogP contribution is -2.33. The quantitative estimate of drug-likeness (QED) is 0.659. The third-order valence-corrected chi connectivity index (χ3v) is 2.72. The maximum Gasteiger partial charge on any atom is 0.0634 e. The molecule has 0 radical (unpaired) electrons. The van der Waals surface area contributed by atoms with Gasteiger partial charge in [-0.05, 0) is 39.7 Å². The van der Waals surface area contributed by atoms with E-state index in [2.05, 4.69) is 31.3 Å². The molecule has 76 valence electrons. The van der Waals surface area contributed by atoms with E-state index in [0.29, 0.717) is 6.04 Å². The van der Waals surface area contributed by atoms with Crippen LogP contribution in [0.4, 0.5) is 0 Å². The highest BCUT2D eigenvalue weighted by Crippen LogP contribution is 2.13. The number of nitrogens with one attached hydrogen (secondary N) is 1. The Hall–Kier alpha value is -0.340. The molecule has 0 aromatic carbocycles. The standard InChI is InChI=1S/C11H21NO/c1-11(2,13-3)8-9-12-10-6-4-5-7-10/h4-5,10,12H,6-9H2,1-3H3. The predicted molar refractivity (Wildman–Crippen MR) is 55.9 cm³/mol. The average molecular weight is 183 g/mol. The van der Waals surface area contributed by atoms with Crippen molar-refractivity contribution < 1.29 is 4.74 Å². The van der Waals surface area contributed by atoms with Crippen LogP contribution in [0.1, 0.15) is 33.1 Å². The summed E-state index contributed by atoms with van der Waals surface area (Å²) in [5.41, 5.74) is 0.0129. The second-order valence-corrected chi connectivity index (χ2v) is 4.31. The van der Waals surface area contributed by atoms with Crippen LogP contribution >= 0.6 is 0 Å². The lowest BCUT2D eigenvalue weighted by Gasteiger charge is -2.24. The fraction of sp³-hybridized carbons (Fsp3) is 0.818. The Labute approximate surface area is 81.4 Å². The Morgan fingerprint density at radius 2 is 2.00 bits per heavy atom. The van der Waals surface area contributed by atoms with Crippen LogP contribution in [0, 0.1) is 0 Å². The predicted octanol–water partition coefficient (Wildman–Crippen LogP) is 2.11. The number of rotatable bonds is 5. The highest BCUT2D eigenvalue weighted by molar-refractivity contribution is 4.97. The van der Waals surface area contributed by atoms with Crippen LogP contribution in [-0.4, -0.2) is 25.3 Å². The summed E-state index contributed by atoms with van der Waals surface area (Å²) in [5.74, 6) is 0. The van der Waals surface area contributed by atoms with E-state index in [1.54, 1.807) is 7.11 Å². The average Bonchev–Trinajstić information content (AvgIpc) is 2.57. The van der Waals surface area contributed by atoms with Gasteiger partial charge in [0.15, 0.2) is 0 Å². The lowest BCUT2D eigenvalue weighted by atomic mass is 10.1. The van der Waals surface area contributed by atoms with Crippen molar-refractivity contribution in [1.29, 1.82) is 0 Å². The van der Waals surface area contributed by atoms with Crippen LogP contribution < -0.4 is 5.32 Å². The second kappa shape index (κ2) is 4.77. The topological polar surface area (TPSA) is 21.3 Å². The molecule has 0 fully saturated rings. The molecule has 1 rings (SSSR count). The van der Waals surface area contributed by atoms with Crippen LogP contribution in [0.5, 0.6) is 0 Å². The fourth-order valence-electron chi connectivity index (χ4n) is 1.46. The normalized spacial score (nSPS) is 18.4. The van der Waals surface area contributed by atoms with Gasteiger partial charge in [0, 0.05) is 13.2 Å². The van der Waals surface area contributed by atoms with Gasteiger partial charge in [-0.25, -0.2) is 0 Å². The first-order valence-electron chi connectivity index (χ1n) is 5.07. The Balaban J connectivity index is 2.06. The molecule has 0 saturated heterocycles. The van der Waals surface area contributed by atoms with Gasteiger partial charge in [0.2, 0.25) is 0 Å². The maximum absolute atomic E-state index is 5.35. The SMILES string of the molecule is COC(C)(C)CCNC1CC=CC1. The molecule has 0 amide bonds. The molecular formula is C11H21NO. The zero-order chi connectivity index (χ0) is 9.73. The molecule has 2 nitrogen and oxygen atoms in total. The first kappa shape index (κ1) is 10.7. The van der Waals surface area contributed by atoms with Gasteiger partial charge in [-0.1, -0.05) is 12.2 Å². The summed E-state index contributed by atoms with van der Waals surface area (Å²) in [6.07, 6.45) is 7.94. The summed E-state index contributed by atoms with van der Waals surface area (Å²) in [6, 6.07) is 0.674. The highest BCUT2D eigenvalue weighted by atomic mass is 16.5. The molecule has 1 N–H and O–H groups in total. The van der Waals surface area contributed by atoms with Gasteiger partial charge in [-0.15, -0.1) is 0 Å². The molecule has 13 heavy (non-hydrogen) atoms. The summed E-state index contributed by atoms with van der Waals surface area (Å²) in [5, 5.41) is 3.53. The minimum Gasteiger partial charge on any atom is -0.379 e. The van der Waals surface area contributed by atoms with Crippen LogP contribution in [0.25, 0.3) is 0 Å². The Bertz CT molecular complexity index is 167. The van der Waals surface area contributed by atoms with Gasteiger partial charge >= 0.3 is 0 Å². The molecule has 1 aliphatic rings. The lowest BCUT2D eigenvalue weighted by molar-refractivity contribution is 0.0154. The van der Waals surface area contributed by atoms with Crippen molar-refractivity contribution in [2.75, 3.05) is 13.7 Å². The van der Waals surface area contributed by atoms with E-state index in [1.807, 2.05) is 0 Å². The third-order valence-electron chi connectivity index (χ3n) is 2.72. The Morgan fingerprint density at radius 3 is 2.54 bits per heavy atom. The molecule has 0 aromatic rings. The van der Waals surface area contributed by atoms with E-state index >= 15 is 0 Å². The van der Waals surface area contributed by atoms with E-state index < -0.39 is 0 Å². The molecule has 0 bridgehead atoms. The van der Waals surface area contributed by atoms with Crippen molar-refractivity contribution in [1.82, 2.24) is 5.32 Å². The van der Waals surface area contributed by atoms with Gasteiger partial charge in [0.05, 0.1) is 5.60 Å². The van der Waals surface area contributed by atoms with E-state index in [4.69, 9.17) is 4.74 Å². The van der Waals surface area contributed by atoms with Crippen LogP contribution in [0.2, 0.25) is 0 Å². The number of hydrogen-bond donors (Lipinski definition) is 1. The highest BCUT2D eigenvalue weighted by Gasteiger charge is 2.16. The maximum atomic E-state index is 5.35. The van der Waals surface area contributed by atoms with Gasteiger partial charge in [0.25, 0.3) is 0 Å². The van der Waals surface area contributed by atoms with E-state index in [-0.39, 0.29) is 5.60 Å². The van der Waals surface area contributed by atoms with Crippen molar-refractivity contribution in [2.45, 2.75) is 44.8 Å². The van der Waals surface area contributed by atoms with Crippen molar-refractivity contribution in [3.8, 4) is 0 Å². The Kier molecular flexibility index (Phi) is 3.94. The monoisotopic (exact) mass is 183 g/mol. The van der Waals surface area contributed by atoms with Gasteiger partial charge in [-0.3, -0.25) is 0 Å². The Morgan fingerprint density at radius 1 is 1.38 bits per heavy atom. The van der Waals surface area contributed by atoms with E-state index in [9.17, 15) is 0 Å².